The van der Waals surface area contributed by atoms with Crippen molar-refractivity contribution >= 4 is 11.7 Å². The molecule has 0 bridgehead atoms. The first kappa shape index (κ1) is 22.4. The van der Waals surface area contributed by atoms with Crippen LogP contribution in [0.4, 0.5) is 13.2 Å². The maximum Gasteiger partial charge on any atom is 0.422 e. The summed E-state index contributed by atoms with van der Waals surface area (Å²) in [7, 11) is 1.30. The number of ketones is 1. The van der Waals surface area contributed by atoms with Gasteiger partial charge in [-0.3, -0.25) is 9.59 Å². The first-order valence-corrected chi connectivity index (χ1v) is 9.53. The normalized spacial score (nSPS) is 13.6. The van der Waals surface area contributed by atoms with Gasteiger partial charge in [0.25, 0.3) is 5.91 Å². The Bertz CT molecular complexity index is 977. The van der Waals surface area contributed by atoms with E-state index in [-0.39, 0.29) is 42.1 Å². The fourth-order valence-electron chi connectivity index (χ4n) is 2.80. The summed E-state index contributed by atoms with van der Waals surface area (Å²) in [6.07, 6.45) is -2.63. The molecule has 0 spiro atoms. The zero-order valence-electron chi connectivity index (χ0n) is 17.0. The topological polar surface area (TPSA) is 103 Å². The van der Waals surface area contributed by atoms with E-state index >= 15 is 0 Å². The van der Waals surface area contributed by atoms with Crippen LogP contribution in [0.15, 0.2) is 18.2 Å². The molecule has 11 heteroatoms. The second-order valence-electron chi connectivity index (χ2n) is 7.13. The van der Waals surface area contributed by atoms with Crippen LogP contribution in [0, 0.1) is 12.8 Å². The van der Waals surface area contributed by atoms with Crippen molar-refractivity contribution in [2.45, 2.75) is 38.9 Å². The molecule has 1 aliphatic carbocycles. The van der Waals surface area contributed by atoms with Crippen LogP contribution in [-0.2, 0) is 17.8 Å². The molecule has 0 unspecified atom stereocenters. The first-order valence-electron chi connectivity index (χ1n) is 9.53. The molecule has 1 N–H and O–H groups in total. The van der Waals surface area contributed by atoms with Crippen molar-refractivity contribution in [3.05, 3.63) is 41.0 Å². The van der Waals surface area contributed by atoms with Crippen LogP contribution in [0.25, 0.3) is 0 Å². The molecule has 3 rings (SSSR count). The third-order valence-electron chi connectivity index (χ3n) is 4.43. The number of rotatable bonds is 9. The van der Waals surface area contributed by atoms with Crippen molar-refractivity contribution in [2.75, 3.05) is 13.7 Å². The molecule has 1 fully saturated rings. The van der Waals surface area contributed by atoms with Gasteiger partial charge in [-0.25, -0.2) is 9.97 Å². The van der Waals surface area contributed by atoms with Crippen LogP contribution in [0.5, 0.6) is 11.8 Å². The highest BCUT2D eigenvalue weighted by molar-refractivity contribution is 5.92. The molecular formula is C20H21F3N4O4. The number of aryl methyl sites for hydroxylation is 1. The van der Waals surface area contributed by atoms with Gasteiger partial charge in [-0.2, -0.15) is 18.2 Å². The van der Waals surface area contributed by atoms with Gasteiger partial charge in [0, 0.05) is 29.8 Å². The number of halogens is 3. The zero-order chi connectivity index (χ0) is 22.6. The Kier molecular flexibility index (Phi) is 6.71. The smallest absolute Gasteiger partial charge is 0.422 e. The molecule has 2 heterocycles. The van der Waals surface area contributed by atoms with Gasteiger partial charge < -0.3 is 14.8 Å². The van der Waals surface area contributed by atoms with Gasteiger partial charge in [0.05, 0.1) is 13.5 Å². The predicted molar refractivity (Wildman–Crippen MR) is 102 cm³/mol. The van der Waals surface area contributed by atoms with Gasteiger partial charge in [0.2, 0.25) is 11.8 Å². The molecule has 0 atom stereocenters. The van der Waals surface area contributed by atoms with Crippen LogP contribution < -0.4 is 14.8 Å². The Morgan fingerprint density at radius 3 is 2.58 bits per heavy atom. The second kappa shape index (κ2) is 9.27. The molecule has 0 radical (unpaired) electrons. The lowest BCUT2D eigenvalue weighted by molar-refractivity contribution is -0.154. The van der Waals surface area contributed by atoms with Gasteiger partial charge in [0.1, 0.15) is 17.3 Å². The zero-order valence-corrected chi connectivity index (χ0v) is 17.0. The molecule has 1 amide bonds. The molecular weight excluding hydrogens is 417 g/mol. The van der Waals surface area contributed by atoms with Gasteiger partial charge in [-0.05, 0) is 31.9 Å². The number of nitrogens with zero attached hydrogens (tertiary/aromatic N) is 3. The van der Waals surface area contributed by atoms with E-state index < -0.39 is 18.7 Å². The number of hydrogen-bond donors (Lipinski definition) is 1. The van der Waals surface area contributed by atoms with Gasteiger partial charge >= 0.3 is 6.18 Å². The molecule has 31 heavy (non-hydrogen) atoms. The lowest BCUT2D eigenvalue weighted by atomic mass is 10.2. The number of carbonyl (C=O) groups excluding carboxylic acids is 2. The summed E-state index contributed by atoms with van der Waals surface area (Å²) in [5.41, 5.74) is 1.11. The molecule has 8 nitrogen and oxygen atoms in total. The largest absolute Gasteiger partial charge is 0.481 e. The second-order valence-corrected chi connectivity index (χ2v) is 7.13. The fourth-order valence-corrected chi connectivity index (χ4v) is 2.80. The number of aromatic nitrogens is 3. The van der Waals surface area contributed by atoms with Gasteiger partial charge in [0.15, 0.2) is 6.61 Å². The average Bonchev–Trinajstić information content (AvgIpc) is 3.55. The molecule has 1 aliphatic rings. The standard InChI is InChI=1S/C20H21F3N4O4/c1-11-7-14(26-16(25-11)8-15(28)12-3-4-12)18(29)24-9-13-5-6-17(27-19(13)30-2)31-10-20(21,22)23/h5-7,12H,3-4,8-10H2,1-2H3,(H,24,29). The van der Waals surface area contributed by atoms with E-state index in [0.717, 1.165) is 12.8 Å². The van der Waals surface area contributed by atoms with Crippen LogP contribution in [0.3, 0.4) is 0 Å². The highest BCUT2D eigenvalue weighted by Crippen LogP contribution is 2.30. The Morgan fingerprint density at radius 2 is 1.94 bits per heavy atom. The van der Waals surface area contributed by atoms with Crippen molar-refractivity contribution in [3.8, 4) is 11.8 Å². The van der Waals surface area contributed by atoms with E-state index in [1.54, 1.807) is 6.92 Å². The summed E-state index contributed by atoms with van der Waals surface area (Å²) >= 11 is 0. The van der Waals surface area contributed by atoms with Crippen LogP contribution >= 0.6 is 0 Å². The molecule has 2 aromatic heterocycles. The fraction of sp³-hybridized carbons (Fsp3) is 0.450. The highest BCUT2D eigenvalue weighted by atomic mass is 19.4. The third kappa shape index (κ3) is 6.63. The molecule has 166 valence electrons. The minimum absolute atomic E-state index is 0.00601. The maximum absolute atomic E-state index is 12.5. The summed E-state index contributed by atoms with van der Waals surface area (Å²) in [6, 6.07) is 4.21. The van der Waals surface area contributed by atoms with Gasteiger partial charge in [-0.1, -0.05) is 0 Å². The van der Waals surface area contributed by atoms with Crippen LogP contribution in [0.1, 0.15) is 40.4 Å². The molecule has 0 saturated heterocycles. The number of pyridine rings is 1. The summed E-state index contributed by atoms with van der Waals surface area (Å²) in [5.74, 6) is -0.280. The number of hydrogen-bond acceptors (Lipinski definition) is 7. The number of Topliss-reactive ketones (excluding diaryl/α,β-unsaturated/α-hetero) is 1. The number of methoxy groups -OCH3 is 1. The lowest BCUT2D eigenvalue weighted by Gasteiger charge is -2.12. The van der Waals surface area contributed by atoms with Crippen molar-refractivity contribution in [2.24, 2.45) is 5.92 Å². The summed E-state index contributed by atoms with van der Waals surface area (Å²) < 4.78 is 46.5. The number of alkyl halides is 3. The minimum atomic E-state index is -4.49. The van der Waals surface area contributed by atoms with E-state index in [9.17, 15) is 22.8 Å². The number of nitrogens with one attached hydrogen (secondary N) is 1. The SMILES string of the molecule is COc1nc(OCC(F)(F)F)ccc1CNC(=O)c1cc(C)nc(CC(=O)C2CC2)n1. The molecule has 2 aromatic rings. The number of amides is 1. The predicted octanol–water partition coefficient (Wildman–Crippen LogP) is 2.58. The minimum Gasteiger partial charge on any atom is -0.481 e. The summed E-state index contributed by atoms with van der Waals surface area (Å²) in [4.78, 5) is 36.8. The number of ether oxygens (including phenoxy) is 2. The third-order valence-corrected chi connectivity index (χ3v) is 4.43. The van der Waals surface area contributed by atoms with E-state index in [2.05, 4.69) is 25.0 Å². The van der Waals surface area contributed by atoms with Crippen molar-refractivity contribution in [1.82, 2.24) is 20.3 Å². The molecule has 1 saturated carbocycles. The van der Waals surface area contributed by atoms with E-state index in [1.807, 2.05) is 0 Å². The molecule has 0 aromatic carbocycles. The van der Waals surface area contributed by atoms with Crippen LogP contribution in [-0.4, -0.2) is 46.5 Å². The average molecular weight is 438 g/mol. The molecule has 0 aliphatic heterocycles. The summed E-state index contributed by atoms with van der Waals surface area (Å²) in [5, 5.41) is 2.65. The van der Waals surface area contributed by atoms with Crippen LogP contribution in [0.2, 0.25) is 0 Å². The maximum atomic E-state index is 12.5. The van der Waals surface area contributed by atoms with Crippen molar-refractivity contribution < 1.29 is 32.2 Å². The lowest BCUT2D eigenvalue weighted by Crippen LogP contribution is -2.25. The monoisotopic (exact) mass is 438 g/mol. The van der Waals surface area contributed by atoms with Gasteiger partial charge in [-0.15, -0.1) is 0 Å². The Labute approximate surface area is 176 Å². The quantitative estimate of drug-likeness (QED) is 0.642. The first-order chi connectivity index (χ1) is 14.6. The summed E-state index contributed by atoms with van der Waals surface area (Å²) in [6.45, 7) is 0.224. The Morgan fingerprint density at radius 1 is 1.19 bits per heavy atom. The Hall–Kier alpha value is -3.24. The van der Waals surface area contributed by atoms with E-state index in [0.29, 0.717) is 17.1 Å². The van der Waals surface area contributed by atoms with Crippen molar-refractivity contribution in [3.63, 3.8) is 0 Å². The Balaban J connectivity index is 1.64. The van der Waals surface area contributed by atoms with E-state index in [4.69, 9.17) is 4.74 Å². The van der Waals surface area contributed by atoms with Crippen molar-refractivity contribution in [1.29, 1.82) is 0 Å². The van der Waals surface area contributed by atoms with E-state index in [1.165, 1.54) is 25.3 Å². The highest BCUT2D eigenvalue weighted by Gasteiger charge is 2.30. The number of carbonyl (C=O) groups is 2.